The number of benzene rings is 4. The summed E-state index contributed by atoms with van der Waals surface area (Å²) in [6, 6.07) is 27.3. The lowest BCUT2D eigenvalue weighted by molar-refractivity contribution is -0.137. The number of hydrogen-bond acceptors (Lipinski definition) is 11. The van der Waals surface area contributed by atoms with Crippen LogP contribution >= 0.6 is 0 Å². The Kier molecular flexibility index (Phi) is 20.7. The minimum atomic E-state index is -4.41. The third kappa shape index (κ3) is 17.1. The first-order valence-electron chi connectivity index (χ1n) is 22.0. The van der Waals surface area contributed by atoms with Gasteiger partial charge in [-0.3, -0.25) is 9.78 Å². The van der Waals surface area contributed by atoms with E-state index in [0.717, 1.165) is 54.0 Å². The smallest absolute Gasteiger partial charge is 0.416 e. The number of carboxylic acids is 1. The zero-order valence-electron chi connectivity index (χ0n) is 37.6. The molecule has 0 spiro atoms. The summed E-state index contributed by atoms with van der Waals surface area (Å²) >= 11 is 0. The number of rotatable bonds is 29. The number of carbonyl (C=O) groups excluding carboxylic acids is 1. The molecule has 0 aliphatic rings. The van der Waals surface area contributed by atoms with Crippen LogP contribution in [0, 0.1) is 0 Å². The second-order valence-electron chi connectivity index (χ2n) is 15.2. The summed E-state index contributed by atoms with van der Waals surface area (Å²) in [7, 11) is -3.78. The molecular formula is C49H58F3N5O9S. The number of aromatic carboxylic acids is 1. The van der Waals surface area contributed by atoms with Crippen LogP contribution in [0.2, 0.25) is 0 Å². The second kappa shape index (κ2) is 26.6. The molecule has 360 valence electrons. The average molecular weight is 950 g/mol. The third-order valence-electron chi connectivity index (χ3n) is 10.4. The molecule has 14 nitrogen and oxygen atoms in total. The number of aryl methyl sites for hydroxylation is 1. The lowest BCUT2D eigenvalue weighted by Crippen LogP contribution is -2.28. The number of carboxylic acid groups (broad SMARTS) is 1. The van der Waals surface area contributed by atoms with Crippen molar-refractivity contribution in [2.24, 2.45) is 0 Å². The van der Waals surface area contributed by atoms with Gasteiger partial charge in [-0.2, -0.15) is 13.2 Å². The van der Waals surface area contributed by atoms with E-state index in [0.29, 0.717) is 75.1 Å². The number of anilines is 2. The van der Waals surface area contributed by atoms with Gasteiger partial charge in [0.05, 0.1) is 73.7 Å². The summed E-state index contributed by atoms with van der Waals surface area (Å²) in [6.45, 7) is 9.16. The molecule has 0 aliphatic heterocycles. The Morgan fingerprint density at radius 3 is 1.99 bits per heavy atom. The van der Waals surface area contributed by atoms with E-state index < -0.39 is 27.7 Å². The molecular weight excluding hydrogens is 892 g/mol. The van der Waals surface area contributed by atoms with Crippen LogP contribution in [0.15, 0.2) is 114 Å². The molecule has 4 aromatic carbocycles. The topological polar surface area (TPSA) is 178 Å². The van der Waals surface area contributed by atoms with E-state index in [1.54, 1.807) is 18.3 Å². The highest BCUT2D eigenvalue weighted by molar-refractivity contribution is 7.89. The van der Waals surface area contributed by atoms with Crippen molar-refractivity contribution in [3.8, 4) is 11.3 Å². The van der Waals surface area contributed by atoms with E-state index in [4.69, 9.17) is 24.1 Å². The summed E-state index contributed by atoms with van der Waals surface area (Å²) in [4.78, 5) is 31.5. The number of ether oxygens (including phenoxy) is 4. The molecule has 0 saturated heterocycles. The molecule has 1 aromatic heterocycles. The van der Waals surface area contributed by atoms with Crippen molar-refractivity contribution in [2.45, 2.75) is 50.9 Å². The van der Waals surface area contributed by atoms with E-state index >= 15 is 0 Å². The summed E-state index contributed by atoms with van der Waals surface area (Å²) in [5, 5.41) is 15.3. The number of sulfonamides is 1. The van der Waals surface area contributed by atoms with Gasteiger partial charge in [0.1, 0.15) is 0 Å². The number of alkyl halides is 3. The normalized spacial score (nSPS) is 11.7. The Bertz CT molecular complexity index is 2450. The average Bonchev–Trinajstić information content (AvgIpc) is 3.32. The van der Waals surface area contributed by atoms with Crippen molar-refractivity contribution >= 4 is 33.3 Å². The maximum Gasteiger partial charge on any atom is 0.416 e. The van der Waals surface area contributed by atoms with Crippen LogP contribution in [0.1, 0.15) is 63.2 Å². The number of carbonyl (C=O) groups is 2. The molecule has 67 heavy (non-hydrogen) atoms. The third-order valence-corrected chi connectivity index (χ3v) is 11.9. The molecule has 5 rings (SSSR count). The van der Waals surface area contributed by atoms with Crippen LogP contribution in [0.4, 0.5) is 24.5 Å². The molecule has 0 atom stereocenters. The van der Waals surface area contributed by atoms with Gasteiger partial charge >= 0.3 is 12.1 Å². The predicted molar refractivity (Wildman–Crippen MR) is 250 cm³/mol. The Morgan fingerprint density at radius 1 is 0.701 bits per heavy atom. The van der Waals surface area contributed by atoms with Crippen molar-refractivity contribution in [3.63, 3.8) is 0 Å². The van der Waals surface area contributed by atoms with Crippen LogP contribution in [-0.2, 0) is 54.7 Å². The minimum Gasteiger partial charge on any atom is -0.478 e. The maximum atomic E-state index is 13.7. The lowest BCUT2D eigenvalue weighted by atomic mass is 10.0. The first-order valence-corrected chi connectivity index (χ1v) is 23.5. The van der Waals surface area contributed by atoms with Gasteiger partial charge in [-0.15, -0.1) is 0 Å². The zero-order chi connectivity index (χ0) is 48.1. The van der Waals surface area contributed by atoms with Gasteiger partial charge in [0, 0.05) is 62.3 Å². The van der Waals surface area contributed by atoms with Crippen LogP contribution < -0.4 is 20.3 Å². The summed E-state index contributed by atoms with van der Waals surface area (Å²) in [5.74, 6) is -1.41. The number of pyridine rings is 1. The quantitative estimate of drug-likeness (QED) is 0.0342. The van der Waals surface area contributed by atoms with E-state index in [2.05, 4.69) is 39.1 Å². The highest BCUT2D eigenvalue weighted by atomic mass is 32.2. The number of amides is 1. The van der Waals surface area contributed by atoms with Gasteiger partial charge in [0.15, 0.2) is 0 Å². The van der Waals surface area contributed by atoms with Crippen molar-refractivity contribution < 1.29 is 55.2 Å². The molecule has 0 radical (unpaired) electrons. The van der Waals surface area contributed by atoms with Crippen LogP contribution in [0.3, 0.4) is 0 Å². The Morgan fingerprint density at radius 2 is 1.33 bits per heavy atom. The fraction of sp³-hybridized carbons (Fsp3) is 0.367. The Balaban J connectivity index is 0.997. The molecule has 0 fully saturated rings. The SMILES string of the molecule is CCN(CC)c1ccc(NC(=O)c2cccc(CCCOCCOCCOCCOCCNS(=O)(=O)c3ccc(C(=O)O)cc3)c2)c(-c2cc(CNCc3cccc(C(F)(F)F)c3)ccn2)c1. The number of aromatic nitrogens is 1. The molecule has 0 aliphatic carbocycles. The molecule has 0 saturated carbocycles. The van der Waals surface area contributed by atoms with Crippen molar-refractivity contribution in [1.82, 2.24) is 15.0 Å². The van der Waals surface area contributed by atoms with E-state index in [1.807, 2.05) is 48.5 Å². The number of halogens is 3. The van der Waals surface area contributed by atoms with Crippen molar-refractivity contribution in [2.75, 3.05) is 82.7 Å². The Labute approximate surface area is 389 Å². The summed E-state index contributed by atoms with van der Waals surface area (Å²) < 4.78 is 88.9. The van der Waals surface area contributed by atoms with Gasteiger partial charge in [-0.05, 0) is 116 Å². The summed E-state index contributed by atoms with van der Waals surface area (Å²) in [6.07, 6.45) is -1.28. The summed E-state index contributed by atoms with van der Waals surface area (Å²) in [5.41, 5.74) is 5.15. The molecule has 0 bridgehead atoms. The molecule has 4 N–H and O–H groups in total. The fourth-order valence-corrected chi connectivity index (χ4v) is 7.90. The molecule has 18 heteroatoms. The molecule has 1 heterocycles. The Hall–Kier alpha value is -5.73. The monoisotopic (exact) mass is 949 g/mol. The molecule has 1 amide bonds. The van der Waals surface area contributed by atoms with E-state index in [1.165, 1.54) is 30.3 Å². The minimum absolute atomic E-state index is 0.00291. The highest BCUT2D eigenvalue weighted by Crippen LogP contribution is 2.33. The predicted octanol–water partition coefficient (Wildman–Crippen LogP) is 7.83. The van der Waals surface area contributed by atoms with Crippen molar-refractivity contribution in [1.29, 1.82) is 0 Å². The van der Waals surface area contributed by atoms with Gasteiger partial charge in [-0.1, -0.05) is 30.3 Å². The van der Waals surface area contributed by atoms with Gasteiger partial charge in [0.25, 0.3) is 5.91 Å². The first-order chi connectivity index (χ1) is 32.3. The van der Waals surface area contributed by atoms with Gasteiger partial charge in [-0.25, -0.2) is 17.9 Å². The number of nitrogens with one attached hydrogen (secondary N) is 3. The van der Waals surface area contributed by atoms with Gasteiger partial charge < -0.3 is 39.6 Å². The molecule has 0 unspecified atom stereocenters. The van der Waals surface area contributed by atoms with Gasteiger partial charge in [0.2, 0.25) is 10.0 Å². The maximum absolute atomic E-state index is 13.7. The van der Waals surface area contributed by atoms with Crippen LogP contribution in [-0.4, -0.2) is 103 Å². The molecule has 5 aromatic rings. The highest BCUT2D eigenvalue weighted by Gasteiger charge is 2.30. The second-order valence-corrected chi connectivity index (χ2v) is 17.0. The van der Waals surface area contributed by atoms with Crippen LogP contribution in [0.25, 0.3) is 11.3 Å². The first kappa shape index (κ1) is 52.2. The largest absolute Gasteiger partial charge is 0.478 e. The standard InChI is InChI=1S/C49H58F3N5O9S/c1-3-57(4-2)42-15-18-45(44(33-42)46-32-38(19-20-54-46)35-53-34-37-9-6-12-41(31-37)49(50,51)52)56-47(58)40-11-5-8-36(30-40)10-7-22-63-24-26-65-28-29-66-27-25-64-23-21-55-67(61,62)43-16-13-39(14-17-43)48(59)60/h5-6,8-9,11-20,30-33,53,55H,3-4,7,10,21-29,34-35H2,1-2H3,(H,56,58)(H,59,60). The number of hydrogen-bond donors (Lipinski definition) is 4. The van der Waals surface area contributed by atoms with E-state index in [-0.39, 0.29) is 42.7 Å². The fourth-order valence-electron chi connectivity index (χ4n) is 6.89. The van der Waals surface area contributed by atoms with Crippen molar-refractivity contribution in [3.05, 3.63) is 143 Å². The zero-order valence-corrected chi connectivity index (χ0v) is 38.5. The lowest BCUT2D eigenvalue weighted by Gasteiger charge is -2.23. The number of nitrogens with zero attached hydrogens (tertiary/aromatic N) is 2. The van der Waals surface area contributed by atoms with E-state index in [9.17, 15) is 31.2 Å². The van der Waals surface area contributed by atoms with Crippen LogP contribution in [0.5, 0.6) is 0 Å².